The van der Waals surface area contributed by atoms with Crippen LogP contribution in [-0.4, -0.2) is 47.7 Å². The summed E-state index contributed by atoms with van der Waals surface area (Å²) in [6.07, 6.45) is 1.55. The number of amides is 1. The van der Waals surface area contributed by atoms with Gasteiger partial charge in [0.05, 0.1) is 19.3 Å². The van der Waals surface area contributed by atoms with E-state index in [1.165, 1.54) is 7.11 Å². The molecule has 0 saturated carbocycles. The van der Waals surface area contributed by atoms with Crippen molar-refractivity contribution < 1.29 is 19.1 Å². The summed E-state index contributed by atoms with van der Waals surface area (Å²) in [5, 5.41) is 0. The minimum absolute atomic E-state index is 0.247. The summed E-state index contributed by atoms with van der Waals surface area (Å²) in [6, 6.07) is 5.14. The number of pyridine rings is 1. The van der Waals surface area contributed by atoms with E-state index in [4.69, 9.17) is 4.74 Å². The van der Waals surface area contributed by atoms with Gasteiger partial charge in [0.2, 0.25) is 0 Å². The fraction of sp³-hybridized carbons (Fsp3) is 0.438. The van der Waals surface area contributed by atoms with Gasteiger partial charge in [-0.2, -0.15) is 0 Å². The lowest BCUT2D eigenvalue weighted by atomic mass is 10.1. The molecule has 0 radical (unpaired) electrons. The van der Waals surface area contributed by atoms with E-state index in [0.29, 0.717) is 18.8 Å². The molecule has 2 rings (SSSR count). The van der Waals surface area contributed by atoms with Crippen molar-refractivity contribution in [3.8, 4) is 0 Å². The van der Waals surface area contributed by atoms with E-state index in [1.54, 1.807) is 23.1 Å². The fourth-order valence-electron chi connectivity index (χ4n) is 2.04. The molecule has 1 aromatic heterocycles. The number of carbonyl (C=O) groups is 2. The van der Waals surface area contributed by atoms with Crippen molar-refractivity contribution in [2.45, 2.75) is 26.4 Å². The molecule has 1 amide bonds. The van der Waals surface area contributed by atoms with Gasteiger partial charge in [-0.3, -0.25) is 0 Å². The third-order valence-electron chi connectivity index (χ3n) is 3.04. The van der Waals surface area contributed by atoms with Gasteiger partial charge in [-0.25, -0.2) is 14.6 Å². The van der Waals surface area contributed by atoms with Gasteiger partial charge in [0.15, 0.2) is 0 Å². The fourth-order valence-corrected chi connectivity index (χ4v) is 2.04. The maximum absolute atomic E-state index is 12.0. The highest BCUT2D eigenvalue weighted by molar-refractivity contribution is 5.87. The summed E-state index contributed by atoms with van der Waals surface area (Å²) in [6.45, 7) is 6.37. The molecule has 0 bridgehead atoms. The summed E-state index contributed by atoms with van der Waals surface area (Å²) < 4.78 is 10.0. The van der Waals surface area contributed by atoms with Crippen molar-refractivity contribution in [2.75, 3.05) is 20.2 Å². The van der Waals surface area contributed by atoms with E-state index in [-0.39, 0.29) is 11.8 Å². The summed E-state index contributed by atoms with van der Waals surface area (Å²) in [7, 11) is 1.32. The molecule has 6 heteroatoms. The zero-order valence-corrected chi connectivity index (χ0v) is 13.3. The van der Waals surface area contributed by atoms with Crippen LogP contribution in [0, 0.1) is 0 Å². The Morgan fingerprint density at radius 2 is 2.00 bits per heavy atom. The molecular weight excluding hydrogens is 284 g/mol. The average molecular weight is 304 g/mol. The lowest BCUT2D eigenvalue weighted by Crippen LogP contribution is -2.35. The van der Waals surface area contributed by atoms with Crippen molar-refractivity contribution >= 4 is 17.6 Å². The molecular formula is C16H20N2O4. The van der Waals surface area contributed by atoms with Crippen molar-refractivity contribution in [1.82, 2.24) is 9.88 Å². The van der Waals surface area contributed by atoms with Gasteiger partial charge in [0.25, 0.3) is 0 Å². The van der Waals surface area contributed by atoms with Gasteiger partial charge < -0.3 is 14.4 Å². The number of nitrogens with zero attached hydrogens (tertiary/aromatic N) is 2. The smallest absolute Gasteiger partial charge is 0.410 e. The number of rotatable bonds is 2. The van der Waals surface area contributed by atoms with Crippen LogP contribution in [0.2, 0.25) is 0 Å². The van der Waals surface area contributed by atoms with Crippen molar-refractivity contribution in [2.24, 2.45) is 0 Å². The molecule has 1 aliphatic rings. The van der Waals surface area contributed by atoms with E-state index in [2.05, 4.69) is 9.72 Å². The molecule has 0 saturated heterocycles. The first-order valence-corrected chi connectivity index (χ1v) is 7.03. The van der Waals surface area contributed by atoms with Crippen LogP contribution in [0.1, 0.15) is 37.0 Å². The molecule has 0 fully saturated rings. The Bertz CT molecular complexity index is 617. The first-order chi connectivity index (χ1) is 10.3. The van der Waals surface area contributed by atoms with Gasteiger partial charge >= 0.3 is 12.1 Å². The predicted molar refractivity (Wildman–Crippen MR) is 81.4 cm³/mol. The van der Waals surface area contributed by atoms with Gasteiger partial charge in [0, 0.05) is 6.54 Å². The van der Waals surface area contributed by atoms with Crippen LogP contribution in [0.3, 0.4) is 0 Å². The topological polar surface area (TPSA) is 68.7 Å². The van der Waals surface area contributed by atoms with Crippen LogP contribution >= 0.6 is 0 Å². The zero-order chi connectivity index (χ0) is 16.3. The summed E-state index contributed by atoms with van der Waals surface area (Å²) >= 11 is 0. The molecule has 0 N–H and O–H groups in total. The molecule has 2 heterocycles. The molecule has 0 unspecified atom stereocenters. The number of ether oxygens (including phenoxy) is 2. The highest BCUT2D eigenvalue weighted by atomic mass is 16.6. The quantitative estimate of drug-likeness (QED) is 0.785. The first-order valence-electron chi connectivity index (χ1n) is 7.03. The second kappa shape index (κ2) is 6.17. The van der Waals surface area contributed by atoms with Gasteiger partial charge in [-0.15, -0.1) is 0 Å². The highest BCUT2D eigenvalue weighted by Crippen LogP contribution is 2.21. The number of hydrogen-bond donors (Lipinski definition) is 0. The molecule has 22 heavy (non-hydrogen) atoms. The molecule has 1 aliphatic heterocycles. The van der Waals surface area contributed by atoms with Crippen LogP contribution in [-0.2, 0) is 9.47 Å². The minimum Gasteiger partial charge on any atom is -0.464 e. The first kappa shape index (κ1) is 16.0. The molecule has 0 spiro atoms. The number of methoxy groups -OCH3 is 1. The molecule has 0 atom stereocenters. The Morgan fingerprint density at radius 3 is 2.64 bits per heavy atom. The minimum atomic E-state index is -0.525. The van der Waals surface area contributed by atoms with E-state index in [0.717, 1.165) is 5.57 Å². The lowest BCUT2D eigenvalue weighted by Gasteiger charge is -2.24. The Labute approximate surface area is 129 Å². The van der Waals surface area contributed by atoms with E-state index in [9.17, 15) is 9.59 Å². The summed E-state index contributed by atoms with van der Waals surface area (Å²) in [5.41, 5.74) is 1.27. The van der Waals surface area contributed by atoms with E-state index >= 15 is 0 Å². The van der Waals surface area contributed by atoms with Crippen molar-refractivity contribution in [3.63, 3.8) is 0 Å². The number of esters is 1. The average Bonchev–Trinajstić information content (AvgIpc) is 2.95. The summed E-state index contributed by atoms with van der Waals surface area (Å²) in [4.78, 5) is 29.4. The molecule has 6 nitrogen and oxygen atoms in total. The van der Waals surface area contributed by atoms with Crippen LogP contribution in [0.4, 0.5) is 4.79 Å². The van der Waals surface area contributed by atoms with Crippen LogP contribution in [0.15, 0.2) is 24.3 Å². The monoisotopic (exact) mass is 304 g/mol. The largest absolute Gasteiger partial charge is 0.464 e. The Kier molecular flexibility index (Phi) is 4.49. The third kappa shape index (κ3) is 3.84. The Morgan fingerprint density at radius 1 is 1.27 bits per heavy atom. The highest BCUT2D eigenvalue weighted by Gasteiger charge is 2.26. The molecule has 0 aliphatic carbocycles. The van der Waals surface area contributed by atoms with Crippen LogP contribution < -0.4 is 0 Å². The lowest BCUT2D eigenvalue weighted by molar-refractivity contribution is 0.0306. The maximum atomic E-state index is 12.0. The third-order valence-corrected chi connectivity index (χ3v) is 3.04. The zero-order valence-electron chi connectivity index (χ0n) is 13.3. The normalized spacial score (nSPS) is 14.5. The van der Waals surface area contributed by atoms with Crippen LogP contribution in [0.5, 0.6) is 0 Å². The Balaban J connectivity index is 2.07. The SMILES string of the molecule is COC(=O)c1cccc(C2=CCN(C(=O)OC(C)(C)C)C2)n1. The van der Waals surface area contributed by atoms with Crippen molar-refractivity contribution in [1.29, 1.82) is 0 Å². The molecule has 0 aromatic carbocycles. The van der Waals surface area contributed by atoms with Gasteiger partial charge in [-0.05, 0) is 38.5 Å². The molecule has 1 aromatic rings. The standard InChI is InChI=1S/C16H20N2O4/c1-16(2,3)22-15(20)18-9-8-11(10-18)12-6-5-7-13(17-12)14(19)21-4/h5-8H,9-10H2,1-4H3. The van der Waals surface area contributed by atoms with Crippen LogP contribution in [0.25, 0.3) is 5.57 Å². The predicted octanol–water partition coefficient (Wildman–Crippen LogP) is 2.50. The van der Waals surface area contributed by atoms with Gasteiger partial charge in [-0.1, -0.05) is 12.1 Å². The second-order valence-corrected chi connectivity index (χ2v) is 5.99. The number of carbonyl (C=O) groups excluding carboxylic acids is 2. The van der Waals surface area contributed by atoms with Gasteiger partial charge in [0.1, 0.15) is 11.3 Å². The van der Waals surface area contributed by atoms with E-state index < -0.39 is 11.6 Å². The Hall–Kier alpha value is -2.37. The summed E-state index contributed by atoms with van der Waals surface area (Å²) in [5.74, 6) is -0.482. The molecule has 118 valence electrons. The second-order valence-electron chi connectivity index (χ2n) is 5.99. The number of aromatic nitrogens is 1. The van der Waals surface area contributed by atoms with Crippen molar-refractivity contribution in [3.05, 3.63) is 35.7 Å². The maximum Gasteiger partial charge on any atom is 0.410 e. The van der Waals surface area contributed by atoms with E-state index in [1.807, 2.05) is 26.8 Å². The number of hydrogen-bond acceptors (Lipinski definition) is 5.